The Hall–Kier alpha value is -0.460. The van der Waals surface area contributed by atoms with Crippen molar-refractivity contribution in [3.05, 3.63) is 11.4 Å². The summed E-state index contributed by atoms with van der Waals surface area (Å²) in [7, 11) is -3.00. The number of hydrogen-bond donors (Lipinski definition) is 2. The molecule has 2 rings (SSSR count). The van der Waals surface area contributed by atoms with Crippen LogP contribution in [0.15, 0.2) is 11.4 Å². The van der Waals surface area contributed by atoms with Crippen LogP contribution in [0.3, 0.4) is 0 Å². The van der Waals surface area contributed by atoms with Crippen LogP contribution in [0.2, 0.25) is 0 Å². The highest BCUT2D eigenvalue weighted by Crippen LogP contribution is 2.37. The molecule has 2 unspecified atom stereocenters. The minimum absolute atomic E-state index is 0.305. The molecular formula is C13H24ClN3O2S. The third-order valence-corrected chi connectivity index (χ3v) is 6.26. The molecule has 2 aliphatic heterocycles. The van der Waals surface area contributed by atoms with Gasteiger partial charge < -0.3 is 16.0 Å². The summed E-state index contributed by atoms with van der Waals surface area (Å²) in [5.74, 6) is 0. The van der Waals surface area contributed by atoms with Crippen LogP contribution < -0.4 is 11.1 Å². The number of sulfone groups is 1. The van der Waals surface area contributed by atoms with Gasteiger partial charge in [-0.1, -0.05) is 13.3 Å². The lowest BCUT2D eigenvalue weighted by molar-refractivity contribution is 0.335. The van der Waals surface area contributed by atoms with E-state index in [2.05, 4.69) is 17.1 Å². The standard InChI is InChI=1S/C13H24ClN3O2S/c1-3-5-13(14)9-16-7-11(15)12(13)17-6-4-10(8-17)20(2,18)19/h10,16H,3-9,15H2,1-2H3. The molecule has 0 aromatic heterocycles. The van der Waals surface area contributed by atoms with Gasteiger partial charge in [-0.05, 0) is 12.8 Å². The van der Waals surface area contributed by atoms with Gasteiger partial charge in [-0.2, -0.15) is 0 Å². The first-order valence-electron chi connectivity index (χ1n) is 7.10. The van der Waals surface area contributed by atoms with E-state index in [0.717, 1.165) is 24.2 Å². The zero-order valence-electron chi connectivity index (χ0n) is 12.2. The molecule has 2 atom stereocenters. The Morgan fingerprint density at radius 2 is 2.25 bits per heavy atom. The zero-order chi connectivity index (χ0) is 15.0. The Morgan fingerprint density at radius 3 is 2.80 bits per heavy atom. The van der Waals surface area contributed by atoms with Crippen molar-refractivity contribution in [1.29, 1.82) is 0 Å². The van der Waals surface area contributed by atoms with Crippen molar-refractivity contribution in [2.75, 3.05) is 32.4 Å². The van der Waals surface area contributed by atoms with E-state index in [0.29, 0.717) is 32.6 Å². The summed E-state index contributed by atoms with van der Waals surface area (Å²) >= 11 is 6.79. The van der Waals surface area contributed by atoms with Crippen LogP contribution >= 0.6 is 11.6 Å². The minimum atomic E-state index is -3.00. The van der Waals surface area contributed by atoms with Gasteiger partial charge in [-0.3, -0.25) is 0 Å². The minimum Gasteiger partial charge on any atom is -0.400 e. The molecule has 0 saturated carbocycles. The summed E-state index contributed by atoms with van der Waals surface area (Å²) in [5, 5.41) is 2.94. The monoisotopic (exact) mass is 321 g/mol. The van der Waals surface area contributed by atoms with Crippen molar-refractivity contribution in [2.24, 2.45) is 5.73 Å². The SMILES string of the molecule is CCCC1(Cl)CNCC(N)=C1N1CCC(S(C)(=O)=O)C1. The molecule has 7 heteroatoms. The molecule has 2 aliphatic rings. The average Bonchev–Trinajstić information content (AvgIpc) is 2.77. The number of likely N-dealkylation sites (tertiary alicyclic amines) is 1. The fourth-order valence-electron chi connectivity index (χ4n) is 3.22. The van der Waals surface area contributed by atoms with Crippen LogP contribution in [0.25, 0.3) is 0 Å². The number of hydrogen-bond acceptors (Lipinski definition) is 5. The van der Waals surface area contributed by atoms with E-state index in [4.69, 9.17) is 17.3 Å². The van der Waals surface area contributed by atoms with Crippen LogP contribution in [0, 0.1) is 0 Å². The molecule has 116 valence electrons. The van der Waals surface area contributed by atoms with Crippen molar-refractivity contribution in [1.82, 2.24) is 10.2 Å². The van der Waals surface area contributed by atoms with Crippen LogP contribution in [-0.4, -0.2) is 55.9 Å². The van der Waals surface area contributed by atoms with Gasteiger partial charge in [0.25, 0.3) is 0 Å². The van der Waals surface area contributed by atoms with Gasteiger partial charge >= 0.3 is 0 Å². The molecule has 0 radical (unpaired) electrons. The van der Waals surface area contributed by atoms with Crippen LogP contribution in [0.4, 0.5) is 0 Å². The molecule has 0 aliphatic carbocycles. The maximum Gasteiger partial charge on any atom is 0.152 e. The van der Waals surface area contributed by atoms with E-state index in [1.165, 1.54) is 6.26 Å². The van der Waals surface area contributed by atoms with Gasteiger partial charge in [-0.25, -0.2) is 8.42 Å². The zero-order valence-corrected chi connectivity index (χ0v) is 13.7. The first kappa shape index (κ1) is 15.9. The van der Waals surface area contributed by atoms with E-state index in [-0.39, 0.29) is 5.25 Å². The maximum absolute atomic E-state index is 11.7. The Balaban J connectivity index is 2.25. The van der Waals surface area contributed by atoms with Gasteiger partial charge in [0, 0.05) is 38.1 Å². The molecule has 1 fully saturated rings. The number of nitrogens with two attached hydrogens (primary N) is 1. The summed E-state index contributed by atoms with van der Waals surface area (Å²) in [6.07, 6.45) is 3.76. The van der Waals surface area contributed by atoms with E-state index in [9.17, 15) is 8.42 Å². The maximum atomic E-state index is 11.7. The van der Waals surface area contributed by atoms with E-state index in [1.54, 1.807) is 0 Å². The second-order valence-corrected chi connectivity index (χ2v) is 8.93. The molecular weight excluding hydrogens is 298 g/mol. The predicted octanol–water partition coefficient (Wildman–Crippen LogP) is 0.657. The molecule has 3 N–H and O–H groups in total. The molecule has 0 aromatic carbocycles. The lowest BCUT2D eigenvalue weighted by Crippen LogP contribution is -2.50. The molecule has 0 aromatic rings. The van der Waals surface area contributed by atoms with Gasteiger partial charge in [0.15, 0.2) is 9.84 Å². The van der Waals surface area contributed by atoms with E-state index in [1.807, 2.05) is 0 Å². The van der Waals surface area contributed by atoms with Gasteiger partial charge in [0.05, 0.1) is 15.8 Å². The quantitative estimate of drug-likeness (QED) is 0.744. The van der Waals surface area contributed by atoms with Crippen molar-refractivity contribution < 1.29 is 8.42 Å². The fraction of sp³-hybridized carbons (Fsp3) is 0.846. The highest BCUT2D eigenvalue weighted by Gasteiger charge is 2.42. The van der Waals surface area contributed by atoms with Gasteiger partial charge in [0.1, 0.15) is 0 Å². The second kappa shape index (κ2) is 5.73. The molecule has 2 heterocycles. The number of nitrogens with zero attached hydrogens (tertiary/aromatic N) is 1. The van der Waals surface area contributed by atoms with Gasteiger partial charge in [0.2, 0.25) is 0 Å². The van der Waals surface area contributed by atoms with Crippen molar-refractivity contribution in [3.63, 3.8) is 0 Å². The van der Waals surface area contributed by atoms with E-state index >= 15 is 0 Å². The third-order valence-electron chi connectivity index (χ3n) is 4.16. The highest BCUT2D eigenvalue weighted by molar-refractivity contribution is 7.91. The van der Waals surface area contributed by atoms with Crippen LogP contribution in [0.5, 0.6) is 0 Å². The van der Waals surface area contributed by atoms with Crippen LogP contribution in [0.1, 0.15) is 26.2 Å². The Bertz CT molecular complexity index is 506. The smallest absolute Gasteiger partial charge is 0.152 e. The summed E-state index contributed by atoms with van der Waals surface area (Å²) in [4.78, 5) is 1.58. The second-order valence-electron chi connectivity index (χ2n) is 5.88. The molecule has 1 saturated heterocycles. The number of nitrogens with one attached hydrogen (secondary N) is 1. The molecule has 5 nitrogen and oxygen atoms in total. The average molecular weight is 322 g/mol. The normalized spacial score (nSPS) is 31.9. The van der Waals surface area contributed by atoms with Gasteiger partial charge in [-0.15, -0.1) is 11.6 Å². The largest absolute Gasteiger partial charge is 0.400 e. The van der Waals surface area contributed by atoms with Crippen LogP contribution in [-0.2, 0) is 9.84 Å². The molecule has 0 amide bonds. The summed E-state index contributed by atoms with van der Waals surface area (Å²) in [6.45, 7) is 4.61. The summed E-state index contributed by atoms with van der Waals surface area (Å²) in [5.41, 5.74) is 7.85. The fourth-order valence-corrected chi connectivity index (χ4v) is 4.73. The highest BCUT2D eigenvalue weighted by atomic mass is 35.5. The molecule has 0 bridgehead atoms. The summed E-state index contributed by atoms with van der Waals surface area (Å²) in [6, 6.07) is 0. The first-order chi connectivity index (χ1) is 9.28. The number of halogens is 1. The van der Waals surface area contributed by atoms with Crippen molar-refractivity contribution >= 4 is 21.4 Å². The lowest BCUT2D eigenvalue weighted by atomic mass is 9.93. The molecule has 20 heavy (non-hydrogen) atoms. The molecule has 0 spiro atoms. The lowest BCUT2D eigenvalue weighted by Gasteiger charge is -2.40. The topological polar surface area (TPSA) is 75.4 Å². The predicted molar refractivity (Wildman–Crippen MR) is 82.4 cm³/mol. The Kier molecular flexibility index (Phi) is 4.56. The third kappa shape index (κ3) is 3.07. The summed E-state index contributed by atoms with van der Waals surface area (Å²) < 4.78 is 23.4. The number of rotatable bonds is 4. The van der Waals surface area contributed by atoms with Crippen molar-refractivity contribution in [2.45, 2.75) is 36.3 Å². The van der Waals surface area contributed by atoms with Crippen molar-refractivity contribution in [3.8, 4) is 0 Å². The van der Waals surface area contributed by atoms with E-state index < -0.39 is 14.7 Å². The Morgan fingerprint density at radius 1 is 1.55 bits per heavy atom. The number of alkyl halides is 1. The first-order valence-corrected chi connectivity index (χ1v) is 9.43. The Labute approximate surface area is 126 Å².